The largest absolute Gasteiger partial charge is 0.342 e. The average Bonchev–Trinajstić information content (AvgIpc) is 2.25. The van der Waals surface area contributed by atoms with Crippen LogP contribution in [-0.4, -0.2) is 14.3 Å². The smallest absolute Gasteiger partial charge is 0.323 e. The normalized spacial score (nSPS) is 13.3. The number of rotatable bonds is 5. The van der Waals surface area contributed by atoms with Gasteiger partial charge in [-0.3, -0.25) is 4.57 Å². The van der Waals surface area contributed by atoms with Gasteiger partial charge in [-0.05, 0) is 36.1 Å². The van der Waals surface area contributed by atoms with E-state index in [-0.39, 0.29) is 11.8 Å². The summed E-state index contributed by atoms with van der Waals surface area (Å²) in [7, 11) is -4.27. The van der Waals surface area contributed by atoms with Crippen molar-refractivity contribution < 1.29 is 14.4 Å². The molecule has 0 atom stereocenters. The van der Waals surface area contributed by atoms with Crippen LogP contribution >= 0.6 is 31.0 Å². The second-order valence-electron chi connectivity index (χ2n) is 5.16. The third-order valence-electron chi connectivity index (χ3n) is 3.20. The zero-order valence-electron chi connectivity index (χ0n) is 11.5. The van der Waals surface area contributed by atoms with Gasteiger partial charge in [-0.1, -0.05) is 39.3 Å². The van der Waals surface area contributed by atoms with Crippen LogP contribution in [0, 0.1) is 11.8 Å². The SMILES string of the molecule is CC(C)C(Sc1ccc(Cl)cc1)(C(C)C)P(=O)(O)O. The van der Waals surface area contributed by atoms with Crippen molar-refractivity contribution in [3.8, 4) is 0 Å². The van der Waals surface area contributed by atoms with Crippen molar-refractivity contribution in [2.75, 3.05) is 0 Å². The zero-order valence-corrected chi connectivity index (χ0v) is 14.0. The number of halogens is 1. The summed E-state index contributed by atoms with van der Waals surface area (Å²) in [6.07, 6.45) is 0. The van der Waals surface area contributed by atoms with Crippen LogP contribution in [0.3, 0.4) is 0 Å². The van der Waals surface area contributed by atoms with E-state index in [1.165, 1.54) is 11.8 Å². The van der Waals surface area contributed by atoms with E-state index in [4.69, 9.17) is 11.6 Å². The Balaban J connectivity index is 3.25. The van der Waals surface area contributed by atoms with E-state index in [2.05, 4.69) is 0 Å². The molecule has 0 saturated heterocycles. The first kappa shape index (κ1) is 17.1. The highest BCUT2D eigenvalue weighted by Gasteiger charge is 2.52. The number of hydrogen-bond acceptors (Lipinski definition) is 2. The molecule has 1 rings (SSSR count). The molecule has 0 aliphatic heterocycles. The van der Waals surface area contributed by atoms with Crippen LogP contribution in [0.2, 0.25) is 5.02 Å². The van der Waals surface area contributed by atoms with Crippen LogP contribution in [0.5, 0.6) is 0 Å². The van der Waals surface area contributed by atoms with Gasteiger partial charge in [-0.25, -0.2) is 0 Å². The number of hydrogen-bond donors (Lipinski definition) is 2. The first-order valence-electron chi connectivity index (χ1n) is 6.11. The lowest BCUT2D eigenvalue weighted by Crippen LogP contribution is -2.37. The summed E-state index contributed by atoms with van der Waals surface area (Å²) < 4.78 is 10.9. The number of benzene rings is 1. The molecule has 19 heavy (non-hydrogen) atoms. The van der Waals surface area contributed by atoms with E-state index in [1.54, 1.807) is 24.3 Å². The second-order valence-corrected chi connectivity index (χ2v) is 9.08. The Morgan fingerprint density at radius 1 is 1.11 bits per heavy atom. The summed E-state index contributed by atoms with van der Waals surface area (Å²) >= 11 is 7.08. The lowest BCUT2D eigenvalue weighted by Gasteiger charge is -2.40. The summed E-state index contributed by atoms with van der Waals surface area (Å²) in [5.74, 6) is -0.317. The van der Waals surface area contributed by atoms with Crippen molar-refractivity contribution in [2.24, 2.45) is 11.8 Å². The standard InChI is InChI=1S/C13H20ClO3PS/c1-9(2)13(10(3)4,18(15,16)17)19-12-7-5-11(14)6-8-12/h5-10H,1-4H3,(H2,15,16,17). The summed E-state index contributed by atoms with van der Waals surface area (Å²) in [5, 5.41) is 0.611. The van der Waals surface area contributed by atoms with Gasteiger partial charge in [0.2, 0.25) is 0 Å². The Labute approximate surface area is 123 Å². The van der Waals surface area contributed by atoms with Crippen LogP contribution in [-0.2, 0) is 4.57 Å². The van der Waals surface area contributed by atoms with Crippen LogP contribution in [0.25, 0.3) is 0 Å². The van der Waals surface area contributed by atoms with Crippen molar-refractivity contribution in [3.63, 3.8) is 0 Å². The van der Waals surface area contributed by atoms with Gasteiger partial charge in [-0.15, -0.1) is 11.8 Å². The van der Waals surface area contributed by atoms with Crippen molar-refractivity contribution in [1.29, 1.82) is 0 Å². The molecule has 0 radical (unpaired) electrons. The summed E-state index contributed by atoms with van der Waals surface area (Å²) in [6.45, 7) is 7.40. The highest BCUT2D eigenvalue weighted by molar-refractivity contribution is 8.06. The van der Waals surface area contributed by atoms with E-state index in [0.717, 1.165) is 4.90 Å². The molecule has 0 aliphatic rings. The molecule has 1 aromatic rings. The Morgan fingerprint density at radius 3 is 1.84 bits per heavy atom. The van der Waals surface area contributed by atoms with Gasteiger partial charge in [0.05, 0.1) is 0 Å². The molecule has 1 aromatic carbocycles. The predicted molar refractivity (Wildman–Crippen MR) is 81.8 cm³/mol. The predicted octanol–water partition coefficient (Wildman–Crippen LogP) is 4.62. The summed E-state index contributed by atoms with van der Waals surface area (Å²) in [4.78, 5) is 20.5. The average molecular weight is 323 g/mol. The van der Waals surface area contributed by atoms with E-state index in [1.807, 2.05) is 27.7 Å². The first-order valence-corrected chi connectivity index (χ1v) is 8.92. The summed E-state index contributed by atoms with van der Waals surface area (Å²) in [6, 6.07) is 7.05. The molecule has 0 spiro atoms. The minimum atomic E-state index is -4.27. The van der Waals surface area contributed by atoms with Crippen LogP contribution in [0.1, 0.15) is 27.7 Å². The molecule has 0 heterocycles. The van der Waals surface area contributed by atoms with E-state index < -0.39 is 12.1 Å². The molecule has 0 saturated carbocycles. The van der Waals surface area contributed by atoms with Crippen LogP contribution in [0.4, 0.5) is 0 Å². The van der Waals surface area contributed by atoms with Gasteiger partial charge in [0.15, 0.2) is 0 Å². The Morgan fingerprint density at radius 2 is 1.53 bits per heavy atom. The molecule has 3 nitrogen and oxygen atoms in total. The van der Waals surface area contributed by atoms with Gasteiger partial charge in [0, 0.05) is 9.92 Å². The molecule has 0 fully saturated rings. The van der Waals surface area contributed by atoms with E-state index in [9.17, 15) is 14.4 Å². The molecule has 108 valence electrons. The van der Waals surface area contributed by atoms with Gasteiger partial charge < -0.3 is 9.79 Å². The summed E-state index contributed by atoms with van der Waals surface area (Å²) in [5.41, 5.74) is 0. The van der Waals surface area contributed by atoms with E-state index >= 15 is 0 Å². The third kappa shape index (κ3) is 3.56. The Kier molecular flexibility index (Phi) is 5.56. The highest BCUT2D eigenvalue weighted by atomic mass is 35.5. The topological polar surface area (TPSA) is 57.5 Å². The minimum Gasteiger partial charge on any atom is -0.323 e. The van der Waals surface area contributed by atoms with Gasteiger partial charge in [-0.2, -0.15) is 0 Å². The van der Waals surface area contributed by atoms with Gasteiger partial charge in [0.25, 0.3) is 0 Å². The first-order chi connectivity index (χ1) is 8.61. The zero-order chi connectivity index (χ0) is 14.8. The molecule has 0 unspecified atom stereocenters. The molecule has 0 bridgehead atoms. The molecule has 2 N–H and O–H groups in total. The maximum absolute atomic E-state index is 12.1. The highest BCUT2D eigenvalue weighted by Crippen LogP contribution is 2.66. The second kappa shape index (κ2) is 6.19. The molecular formula is C13H20ClO3PS. The lowest BCUT2D eigenvalue weighted by molar-refractivity contribution is 0.301. The van der Waals surface area contributed by atoms with Crippen molar-refractivity contribution in [1.82, 2.24) is 0 Å². The molecule has 0 aliphatic carbocycles. The lowest BCUT2D eigenvalue weighted by atomic mass is 9.99. The number of thioether (sulfide) groups is 1. The Bertz CT molecular complexity index is 459. The monoisotopic (exact) mass is 322 g/mol. The minimum absolute atomic E-state index is 0.158. The van der Waals surface area contributed by atoms with Crippen molar-refractivity contribution in [2.45, 2.75) is 37.1 Å². The van der Waals surface area contributed by atoms with Crippen molar-refractivity contribution in [3.05, 3.63) is 29.3 Å². The van der Waals surface area contributed by atoms with Crippen LogP contribution in [0.15, 0.2) is 29.2 Å². The van der Waals surface area contributed by atoms with E-state index in [0.29, 0.717) is 5.02 Å². The maximum atomic E-state index is 12.1. The van der Waals surface area contributed by atoms with Gasteiger partial charge >= 0.3 is 7.60 Å². The van der Waals surface area contributed by atoms with Crippen molar-refractivity contribution >= 4 is 31.0 Å². The molecular weight excluding hydrogens is 303 g/mol. The van der Waals surface area contributed by atoms with Gasteiger partial charge in [0.1, 0.15) is 4.49 Å². The Hall–Kier alpha value is 0.01000. The molecule has 6 heteroatoms. The fourth-order valence-electron chi connectivity index (χ4n) is 2.33. The molecule has 0 aromatic heterocycles. The van der Waals surface area contributed by atoms with Crippen LogP contribution < -0.4 is 0 Å². The molecule has 0 amide bonds. The quantitative estimate of drug-likeness (QED) is 0.613. The maximum Gasteiger partial charge on any atom is 0.342 e. The fraction of sp³-hybridized carbons (Fsp3) is 0.538. The fourth-order valence-corrected chi connectivity index (χ4v) is 5.71. The third-order valence-corrected chi connectivity index (χ3v) is 8.17.